The summed E-state index contributed by atoms with van der Waals surface area (Å²) in [5.74, 6) is 0.531. The van der Waals surface area contributed by atoms with E-state index in [-0.39, 0.29) is 11.5 Å². The maximum Gasteiger partial charge on any atom is 0.280 e. The lowest BCUT2D eigenvalue weighted by molar-refractivity contribution is 0.102. The lowest BCUT2D eigenvalue weighted by atomic mass is 10.2. The molecule has 3 N–H and O–H groups in total. The number of nitrogens with one attached hydrogen (secondary N) is 1. The molecule has 0 saturated heterocycles. The molecule has 0 aliphatic rings. The van der Waals surface area contributed by atoms with Crippen LogP contribution in [-0.4, -0.2) is 28.0 Å². The molecule has 122 valence electrons. The number of ether oxygens (including phenoxy) is 1. The molecular formula is C17H17N5O2. The van der Waals surface area contributed by atoms with E-state index in [9.17, 15) is 4.79 Å². The van der Waals surface area contributed by atoms with Gasteiger partial charge in [-0.05, 0) is 29.8 Å². The molecule has 3 rings (SSSR count). The van der Waals surface area contributed by atoms with Crippen LogP contribution in [0, 0.1) is 0 Å². The Balaban J connectivity index is 1.73. The average Bonchev–Trinajstić information content (AvgIpc) is 2.97. The summed E-state index contributed by atoms with van der Waals surface area (Å²) in [6, 6.07) is 16.7. The Morgan fingerprint density at radius 3 is 2.54 bits per heavy atom. The van der Waals surface area contributed by atoms with Crippen molar-refractivity contribution in [3.63, 3.8) is 0 Å². The van der Waals surface area contributed by atoms with Crippen molar-refractivity contribution in [3.05, 3.63) is 65.9 Å². The molecule has 7 nitrogen and oxygen atoms in total. The Morgan fingerprint density at radius 2 is 1.88 bits per heavy atom. The van der Waals surface area contributed by atoms with E-state index in [4.69, 9.17) is 10.5 Å². The predicted molar refractivity (Wildman–Crippen MR) is 90.9 cm³/mol. The lowest BCUT2D eigenvalue weighted by Gasteiger charge is -2.06. The zero-order chi connectivity index (χ0) is 16.9. The minimum Gasteiger partial charge on any atom is -0.497 e. The van der Waals surface area contributed by atoms with Gasteiger partial charge < -0.3 is 15.8 Å². The van der Waals surface area contributed by atoms with E-state index in [0.717, 1.165) is 5.56 Å². The molecule has 0 aliphatic carbocycles. The van der Waals surface area contributed by atoms with Crippen LogP contribution in [0.5, 0.6) is 5.75 Å². The first-order valence-electron chi connectivity index (χ1n) is 7.35. The number of nitrogen functional groups attached to an aromatic ring is 1. The number of carbonyl (C=O) groups excluding carboxylic acids is 1. The number of carbonyl (C=O) groups is 1. The van der Waals surface area contributed by atoms with Crippen LogP contribution in [0.2, 0.25) is 0 Å². The Hall–Kier alpha value is -3.35. The van der Waals surface area contributed by atoms with Crippen LogP contribution in [0.4, 0.5) is 11.5 Å². The number of aromatic nitrogens is 3. The molecule has 24 heavy (non-hydrogen) atoms. The van der Waals surface area contributed by atoms with Crippen LogP contribution in [0.15, 0.2) is 54.6 Å². The fraction of sp³-hybridized carbons (Fsp3) is 0.118. The van der Waals surface area contributed by atoms with E-state index in [0.29, 0.717) is 18.0 Å². The van der Waals surface area contributed by atoms with Gasteiger partial charge in [-0.25, -0.2) is 4.68 Å². The van der Waals surface area contributed by atoms with Crippen molar-refractivity contribution in [1.29, 1.82) is 0 Å². The molecule has 2 aromatic carbocycles. The quantitative estimate of drug-likeness (QED) is 0.750. The van der Waals surface area contributed by atoms with E-state index in [1.807, 2.05) is 30.3 Å². The maximum absolute atomic E-state index is 12.3. The highest BCUT2D eigenvalue weighted by molar-refractivity contribution is 6.05. The summed E-state index contributed by atoms with van der Waals surface area (Å²) in [5, 5.41) is 10.6. The number of hydrogen-bond donors (Lipinski definition) is 2. The summed E-state index contributed by atoms with van der Waals surface area (Å²) < 4.78 is 6.58. The molecule has 1 heterocycles. The van der Waals surface area contributed by atoms with E-state index in [1.165, 1.54) is 4.68 Å². The normalized spacial score (nSPS) is 10.4. The molecule has 0 aliphatic heterocycles. The van der Waals surface area contributed by atoms with Crippen molar-refractivity contribution in [1.82, 2.24) is 15.0 Å². The maximum atomic E-state index is 12.3. The number of nitrogens with two attached hydrogens (primary N) is 1. The van der Waals surface area contributed by atoms with Gasteiger partial charge in [0.15, 0.2) is 11.5 Å². The number of amides is 1. The van der Waals surface area contributed by atoms with Gasteiger partial charge in [0, 0.05) is 5.69 Å². The highest BCUT2D eigenvalue weighted by Crippen LogP contribution is 2.17. The van der Waals surface area contributed by atoms with Gasteiger partial charge in [0.25, 0.3) is 5.91 Å². The zero-order valence-electron chi connectivity index (χ0n) is 13.1. The second-order valence-electron chi connectivity index (χ2n) is 5.15. The van der Waals surface area contributed by atoms with Crippen molar-refractivity contribution in [3.8, 4) is 5.75 Å². The summed E-state index contributed by atoms with van der Waals surface area (Å²) in [6.45, 7) is 0.454. The average molecular weight is 323 g/mol. The van der Waals surface area contributed by atoms with Crippen molar-refractivity contribution in [2.75, 3.05) is 18.2 Å². The molecule has 3 aromatic rings. The van der Waals surface area contributed by atoms with Crippen molar-refractivity contribution in [2.24, 2.45) is 0 Å². The molecule has 0 bridgehead atoms. The fourth-order valence-corrected chi connectivity index (χ4v) is 2.22. The highest BCUT2D eigenvalue weighted by Gasteiger charge is 2.17. The van der Waals surface area contributed by atoms with Crippen molar-refractivity contribution >= 4 is 17.4 Å². The standard InChI is InChI=1S/C17H17N5O2/c1-24-14-9-7-13(8-10-14)19-17(23)15-16(18)22(21-20-15)11-12-5-3-2-4-6-12/h2-10H,11,18H2,1H3,(H,19,23). The second-order valence-corrected chi connectivity index (χ2v) is 5.15. The summed E-state index contributed by atoms with van der Waals surface area (Å²) >= 11 is 0. The third kappa shape index (κ3) is 3.35. The topological polar surface area (TPSA) is 95.1 Å². The molecule has 1 amide bonds. The lowest BCUT2D eigenvalue weighted by Crippen LogP contribution is -2.15. The fourth-order valence-electron chi connectivity index (χ4n) is 2.22. The molecule has 0 radical (unpaired) electrons. The van der Waals surface area contributed by atoms with Gasteiger partial charge in [-0.1, -0.05) is 35.5 Å². The highest BCUT2D eigenvalue weighted by atomic mass is 16.5. The molecule has 0 spiro atoms. The first kappa shape index (κ1) is 15.5. The van der Waals surface area contributed by atoms with Crippen LogP contribution >= 0.6 is 0 Å². The first-order valence-corrected chi connectivity index (χ1v) is 7.35. The van der Waals surface area contributed by atoms with Crippen molar-refractivity contribution in [2.45, 2.75) is 6.54 Å². The van der Waals surface area contributed by atoms with Crippen LogP contribution in [0.3, 0.4) is 0 Å². The Bertz CT molecular complexity index is 828. The molecule has 0 fully saturated rings. The molecular weight excluding hydrogens is 306 g/mol. The number of rotatable bonds is 5. The van der Waals surface area contributed by atoms with Gasteiger partial charge in [-0.15, -0.1) is 5.10 Å². The summed E-state index contributed by atoms with van der Waals surface area (Å²) in [5.41, 5.74) is 7.75. The predicted octanol–water partition coefficient (Wildman–Crippen LogP) is 2.17. The number of nitrogens with zero attached hydrogens (tertiary/aromatic N) is 3. The molecule has 0 saturated carbocycles. The summed E-state index contributed by atoms with van der Waals surface area (Å²) in [7, 11) is 1.58. The number of anilines is 2. The Labute approximate surface area is 139 Å². The number of methoxy groups -OCH3 is 1. The van der Waals surface area contributed by atoms with Gasteiger partial charge in [0.2, 0.25) is 0 Å². The van der Waals surface area contributed by atoms with E-state index >= 15 is 0 Å². The monoisotopic (exact) mass is 323 g/mol. The van der Waals surface area contributed by atoms with E-state index in [1.54, 1.807) is 31.4 Å². The summed E-state index contributed by atoms with van der Waals surface area (Å²) in [4.78, 5) is 12.3. The van der Waals surface area contributed by atoms with Gasteiger partial charge in [0.05, 0.1) is 13.7 Å². The number of benzene rings is 2. The molecule has 0 atom stereocenters. The van der Waals surface area contributed by atoms with E-state index < -0.39 is 5.91 Å². The molecule has 7 heteroatoms. The summed E-state index contributed by atoms with van der Waals surface area (Å²) in [6.07, 6.45) is 0. The number of hydrogen-bond acceptors (Lipinski definition) is 5. The van der Waals surface area contributed by atoms with Gasteiger partial charge in [0.1, 0.15) is 5.75 Å². The smallest absolute Gasteiger partial charge is 0.280 e. The van der Waals surface area contributed by atoms with Crippen LogP contribution in [0.25, 0.3) is 0 Å². The van der Waals surface area contributed by atoms with Crippen LogP contribution in [0.1, 0.15) is 16.1 Å². The largest absolute Gasteiger partial charge is 0.497 e. The van der Waals surface area contributed by atoms with Crippen molar-refractivity contribution < 1.29 is 9.53 Å². The second kappa shape index (κ2) is 6.82. The van der Waals surface area contributed by atoms with Crippen LogP contribution < -0.4 is 15.8 Å². The zero-order valence-corrected chi connectivity index (χ0v) is 13.1. The third-order valence-corrected chi connectivity index (χ3v) is 3.51. The SMILES string of the molecule is COc1ccc(NC(=O)c2nnn(Cc3ccccc3)c2N)cc1. The minimum atomic E-state index is -0.406. The van der Waals surface area contributed by atoms with E-state index in [2.05, 4.69) is 15.6 Å². The Morgan fingerprint density at radius 1 is 1.17 bits per heavy atom. The van der Waals surface area contributed by atoms with Gasteiger partial charge in [-0.2, -0.15) is 0 Å². The Kier molecular flexibility index (Phi) is 4.42. The molecule has 1 aromatic heterocycles. The van der Waals surface area contributed by atoms with Gasteiger partial charge >= 0.3 is 0 Å². The van der Waals surface area contributed by atoms with Crippen LogP contribution in [-0.2, 0) is 6.54 Å². The van der Waals surface area contributed by atoms with Gasteiger partial charge in [-0.3, -0.25) is 4.79 Å². The third-order valence-electron chi connectivity index (χ3n) is 3.51. The first-order chi connectivity index (χ1) is 11.7. The molecule has 0 unspecified atom stereocenters. The minimum absolute atomic E-state index is 0.0988.